The maximum atomic E-state index is 11.2. The zero-order valence-electron chi connectivity index (χ0n) is 10.6. The molecule has 0 heterocycles. The molecule has 0 unspecified atom stereocenters. The highest BCUT2D eigenvalue weighted by molar-refractivity contribution is 5.79. The van der Waals surface area contributed by atoms with E-state index in [0.717, 1.165) is 0 Å². The third-order valence-corrected chi connectivity index (χ3v) is 2.30. The normalized spacial score (nSPS) is 11.9. The molecule has 0 saturated carbocycles. The summed E-state index contributed by atoms with van der Waals surface area (Å²) in [6, 6.07) is -0.987. The number of hydrogen-bond donors (Lipinski definition) is 5. The topological polar surface area (TPSA) is 126 Å². The molecular weight excluding hydrogens is 240 g/mol. The summed E-state index contributed by atoms with van der Waals surface area (Å²) in [5.41, 5.74) is 6.87. The third-order valence-electron chi connectivity index (χ3n) is 2.30. The molecule has 0 bridgehead atoms. The van der Waals surface area contributed by atoms with Crippen LogP contribution in [0.15, 0.2) is 0 Å². The van der Waals surface area contributed by atoms with Gasteiger partial charge in [0.1, 0.15) is 6.04 Å². The van der Waals surface area contributed by atoms with Crippen LogP contribution >= 0.6 is 0 Å². The molecule has 0 saturated heterocycles. The maximum Gasteiger partial charge on any atom is 0.314 e. The second-order valence-corrected chi connectivity index (χ2v) is 3.76. The van der Waals surface area contributed by atoms with Crippen molar-refractivity contribution >= 4 is 11.9 Å². The van der Waals surface area contributed by atoms with Crippen molar-refractivity contribution in [2.45, 2.75) is 25.3 Å². The molecule has 0 radical (unpaired) electrons. The van der Waals surface area contributed by atoms with E-state index in [1.54, 1.807) is 7.11 Å². The van der Waals surface area contributed by atoms with Crippen LogP contribution in [-0.2, 0) is 9.53 Å². The Morgan fingerprint density at radius 1 is 1.28 bits per heavy atom. The van der Waals surface area contributed by atoms with Crippen LogP contribution < -0.4 is 21.8 Å². The van der Waals surface area contributed by atoms with Crippen molar-refractivity contribution in [3.8, 4) is 0 Å². The molecule has 106 valence electrons. The zero-order valence-corrected chi connectivity index (χ0v) is 10.6. The second-order valence-electron chi connectivity index (χ2n) is 3.76. The van der Waals surface area contributed by atoms with E-state index in [4.69, 9.17) is 15.7 Å². The van der Waals surface area contributed by atoms with Crippen LogP contribution in [0.5, 0.6) is 0 Å². The molecule has 0 spiro atoms. The fraction of sp³-hybridized carbons (Fsp3) is 0.800. The van der Waals surface area contributed by atoms with Crippen LogP contribution in [0.3, 0.4) is 0 Å². The lowest BCUT2D eigenvalue weighted by Gasteiger charge is -2.11. The first-order valence-electron chi connectivity index (χ1n) is 5.81. The van der Waals surface area contributed by atoms with E-state index in [1.807, 2.05) is 5.48 Å². The number of unbranched alkanes of at least 4 members (excludes halogenated alkanes) is 1. The molecule has 3 amide bonds. The predicted molar refractivity (Wildman–Crippen MR) is 65.0 cm³/mol. The number of carbonyl (C=O) groups is 2. The van der Waals surface area contributed by atoms with Crippen LogP contribution in [0.2, 0.25) is 0 Å². The largest absolute Gasteiger partial charge is 0.383 e. The van der Waals surface area contributed by atoms with E-state index < -0.39 is 11.9 Å². The number of rotatable bonds is 10. The van der Waals surface area contributed by atoms with Gasteiger partial charge in [-0.2, -0.15) is 5.48 Å². The zero-order chi connectivity index (χ0) is 13.8. The smallest absolute Gasteiger partial charge is 0.314 e. The van der Waals surface area contributed by atoms with Gasteiger partial charge in [-0.3, -0.25) is 4.79 Å². The highest BCUT2D eigenvalue weighted by Crippen LogP contribution is 1.99. The molecule has 0 aliphatic rings. The Kier molecular flexibility index (Phi) is 9.93. The molecule has 1 atom stereocenters. The number of amides is 3. The lowest BCUT2D eigenvalue weighted by atomic mass is 10.1. The molecule has 0 aliphatic heterocycles. The number of methoxy groups -OCH3 is 1. The summed E-state index contributed by atoms with van der Waals surface area (Å²) < 4.78 is 4.78. The van der Waals surface area contributed by atoms with Crippen LogP contribution in [0.1, 0.15) is 19.3 Å². The van der Waals surface area contributed by atoms with Crippen molar-refractivity contribution in [2.24, 2.45) is 5.73 Å². The first-order valence-corrected chi connectivity index (χ1v) is 5.81. The van der Waals surface area contributed by atoms with Crippen LogP contribution in [-0.4, -0.2) is 50.0 Å². The number of nitrogens with one attached hydrogen (secondary N) is 3. The van der Waals surface area contributed by atoms with Gasteiger partial charge in [-0.15, -0.1) is 0 Å². The molecule has 18 heavy (non-hydrogen) atoms. The number of nitrogens with two attached hydrogens (primary N) is 1. The van der Waals surface area contributed by atoms with E-state index >= 15 is 0 Å². The summed E-state index contributed by atoms with van der Waals surface area (Å²) >= 11 is 0. The van der Waals surface area contributed by atoms with Gasteiger partial charge in [0, 0.05) is 20.2 Å². The van der Waals surface area contributed by atoms with E-state index in [2.05, 4.69) is 10.6 Å². The summed E-state index contributed by atoms with van der Waals surface area (Å²) in [5, 5.41) is 13.9. The lowest BCUT2D eigenvalue weighted by Crippen LogP contribution is -2.40. The Morgan fingerprint density at radius 3 is 2.50 bits per heavy atom. The Balaban J connectivity index is 3.44. The Labute approximate surface area is 106 Å². The highest BCUT2D eigenvalue weighted by atomic mass is 16.5. The predicted octanol–water partition coefficient (Wildman–Crippen LogP) is -1.06. The van der Waals surface area contributed by atoms with E-state index in [0.29, 0.717) is 39.0 Å². The number of carbonyl (C=O) groups excluding carboxylic acids is 2. The average Bonchev–Trinajstić information content (AvgIpc) is 2.33. The first-order chi connectivity index (χ1) is 8.61. The van der Waals surface area contributed by atoms with Crippen molar-refractivity contribution in [3.05, 3.63) is 0 Å². The molecule has 8 heteroatoms. The van der Waals surface area contributed by atoms with Crippen molar-refractivity contribution in [1.29, 1.82) is 0 Å². The molecule has 0 aromatic rings. The van der Waals surface area contributed by atoms with Gasteiger partial charge in [0.05, 0.1) is 6.61 Å². The van der Waals surface area contributed by atoms with E-state index in [-0.39, 0.29) is 6.03 Å². The number of urea groups is 1. The van der Waals surface area contributed by atoms with Gasteiger partial charge >= 0.3 is 6.03 Å². The quantitative estimate of drug-likeness (QED) is 0.253. The maximum absolute atomic E-state index is 11.2. The third kappa shape index (κ3) is 8.74. The minimum Gasteiger partial charge on any atom is -0.383 e. The van der Waals surface area contributed by atoms with Gasteiger partial charge in [0.2, 0.25) is 5.91 Å². The van der Waals surface area contributed by atoms with Gasteiger partial charge < -0.3 is 26.3 Å². The summed E-state index contributed by atoms with van der Waals surface area (Å²) in [4.78, 5) is 21.9. The Hall–Kier alpha value is -1.38. The van der Waals surface area contributed by atoms with Gasteiger partial charge in [-0.25, -0.2) is 4.79 Å². The fourth-order valence-corrected chi connectivity index (χ4v) is 1.27. The second kappa shape index (κ2) is 10.8. The standard InChI is InChI=1S/C10H22N4O4/c1-18-7-6-13-10(16)12-5-3-2-4-8(14-17)9(11)15/h8,14,17H,2-7H2,1H3,(H2,11,15)(H2,12,13,16)/t8-/m1/s1. The van der Waals surface area contributed by atoms with Crippen LogP contribution in [0.25, 0.3) is 0 Å². The summed E-state index contributed by atoms with van der Waals surface area (Å²) in [7, 11) is 1.56. The minimum atomic E-state index is -0.736. The van der Waals surface area contributed by atoms with Gasteiger partial charge in [-0.05, 0) is 19.3 Å². The minimum absolute atomic E-state index is 0.251. The fourth-order valence-electron chi connectivity index (χ4n) is 1.27. The highest BCUT2D eigenvalue weighted by Gasteiger charge is 2.12. The monoisotopic (exact) mass is 262 g/mol. The summed E-state index contributed by atoms with van der Waals surface area (Å²) in [5.74, 6) is -0.595. The van der Waals surface area contributed by atoms with E-state index in [9.17, 15) is 9.59 Å². The molecule has 0 aliphatic carbocycles. The van der Waals surface area contributed by atoms with Crippen molar-refractivity contribution in [1.82, 2.24) is 16.1 Å². The summed E-state index contributed by atoms with van der Waals surface area (Å²) in [6.07, 6.45) is 1.79. The molecule has 0 aromatic carbocycles. The Morgan fingerprint density at radius 2 is 1.94 bits per heavy atom. The number of primary amides is 1. The molecule has 6 N–H and O–H groups in total. The molecular formula is C10H22N4O4. The molecule has 0 aromatic heterocycles. The Bertz CT molecular complexity index is 250. The molecule has 0 fully saturated rings. The van der Waals surface area contributed by atoms with E-state index in [1.165, 1.54) is 0 Å². The first kappa shape index (κ1) is 16.6. The average molecular weight is 262 g/mol. The van der Waals surface area contributed by atoms with Gasteiger partial charge in [0.25, 0.3) is 0 Å². The van der Waals surface area contributed by atoms with Crippen molar-refractivity contribution in [3.63, 3.8) is 0 Å². The summed E-state index contributed by atoms with van der Waals surface area (Å²) in [6.45, 7) is 1.42. The number of ether oxygens (including phenoxy) is 1. The molecule has 8 nitrogen and oxygen atoms in total. The lowest BCUT2D eigenvalue weighted by molar-refractivity contribution is -0.122. The number of hydrogen-bond acceptors (Lipinski definition) is 5. The van der Waals surface area contributed by atoms with Crippen LogP contribution in [0.4, 0.5) is 4.79 Å². The van der Waals surface area contributed by atoms with Gasteiger partial charge in [-0.1, -0.05) is 0 Å². The van der Waals surface area contributed by atoms with Gasteiger partial charge in [0.15, 0.2) is 0 Å². The number of hydroxylamine groups is 1. The molecule has 0 rings (SSSR count). The van der Waals surface area contributed by atoms with Crippen molar-refractivity contribution in [2.75, 3.05) is 26.8 Å². The van der Waals surface area contributed by atoms with Crippen LogP contribution in [0, 0.1) is 0 Å². The SMILES string of the molecule is COCCNC(=O)NCCCC[C@@H](NO)C(N)=O. The van der Waals surface area contributed by atoms with Crippen molar-refractivity contribution < 1.29 is 19.5 Å².